The number of nitrogens with one attached hydrogen (secondary N) is 1. The van der Waals surface area contributed by atoms with Gasteiger partial charge in [0.05, 0.1) is 0 Å². The minimum atomic E-state index is 0.360. The quantitative estimate of drug-likeness (QED) is 0.787. The van der Waals surface area contributed by atoms with Crippen LogP contribution in [0.4, 0.5) is 0 Å². The van der Waals surface area contributed by atoms with Crippen LogP contribution >= 0.6 is 0 Å². The second kappa shape index (κ2) is 3.67. The summed E-state index contributed by atoms with van der Waals surface area (Å²) in [4.78, 5) is 0. The molecule has 2 heterocycles. The monoisotopic (exact) mass is 219 g/mol. The lowest BCUT2D eigenvalue weighted by atomic mass is 9.98. The zero-order valence-electron chi connectivity index (χ0n) is 9.80. The Balaban J connectivity index is 2.11. The molecule has 0 saturated carbocycles. The first kappa shape index (κ1) is 9.97. The lowest BCUT2D eigenvalue weighted by Gasteiger charge is -2.16. The molecule has 1 unspecified atom stereocenters. The molecule has 0 aromatic heterocycles. The highest BCUT2D eigenvalue weighted by Gasteiger charge is 2.27. The van der Waals surface area contributed by atoms with E-state index in [1.54, 1.807) is 0 Å². The zero-order valence-corrected chi connectivity index (χ0v) is 9.80. The van der Waals surface area contributed by atoms with Gasteiger partial charge in [-0.1, -0.05) is 6.07 Å². The van der Waals surface area contributed by atoms with Crippen LogP contribution in [0, 0.1) is 13.8 Å². The van der Waals surface area contributed by atoms with E-state index < -0.39 is 0 Å². The fourth-order valence-electron chi connectivity index (χ4n) is 2.57. The summed E-state index contributed by atoms with van der Waals surface area (Å²) in [6, 6.07) is 2.68. The molecule has 1 atom stereocenters. The maximum atomic E-state index is 5.62. The summed E-state index contributed by atoms with van der Waals surface area (Å²) in [7, 11) is 0. The largest absolute Gasteiger partial charge is 0.453 e. The molecular formula is C13H17NO2. The standard InChI is InChI=1S/C13H17NO2/c1-8-6-10(11-4-3-5-14-11)13-12(9(8)2)15-7-16-13/h6,11,14H,3-5,7H2,1-2H3. The highest BCUT2D eigenvalue weighted by molar-refractivity contribution is 5.57. The van der Waals surface area contributed by atoms with Crippen LogP contribution in [0.1, 0.15) is 35.6 Å². The Morgan fingerprint density at radius 3 is 2.81 bits per heavy atom. The minimum Gasteiger partial charge on any atom is -0.453 e. The highest BCUT2D eigenvalue weighted by Crippen LogP contribution is 2.44. The number of aryl methyl sites for hydroxylation is 1. The van der Waals surface area contributed by atoms with Gasteiger partial charge in [-0.15, -0.1) is 0 Å². The summed E-state index contributed by atoms with van der Waals surface area (Å²) in [6.45, 7) is 5.69. The average Bonchev–Trinajstić information content (AvgIpc) is 2.93. The lowest BCUT2D eigenvalue weighted by Crippen LogP contribution is -2.13. The maximum Gasteiger partial charge on any atom is 0.231 e. The van der Waals surface area contributed by atoms with Crippen molar-refractivity contribution >= 4 is 0 Å². The van der Waals surface area contributed by atoms with Crippen LogP contribution in [0.3, 0.4) is 0 Å². The first-order valence-electron chi connectivity index (χ1n) is 5.90. The first-order chi connectivity index (χ1) is 7.77. The number of rotatable bonds is 1. The molecule has 0 bridgehead atoms. The molecule has 3 heteroatoms. The molecule has 0 radical (unpaired) electrons. The van der Waals surface area contributed by atoms with Gasteiger partial charge < -0.3 is 14.8 Å². The van der Waals surface area contributed by atoms with Crippen molar-refractivity contribution in [1.29, 1.82) is 0 Å². The van der Waals surface area contributed by atoms with Crippen LogP contribution in [-0.4, -0.2) is 13.3 Å². The van der Waals surface area contributed by atoms with Crippen molar-refractivity contribution in [2.24, 2.45) is 0 Å². The summed E-state index contributed by atoms with van der Waals surface area (Å²) in [5, 5.41) is 3.51. The van der Waals surface area contributed by atoms with E-state index >= 15 is 0 Å². The molecule has 1 saturated heterocycles. The first-order valence-corrected chi connectivity index (χ1v) is 5.90. The number of hydrogen-bond donors (Lipinski definition) is 1. The van der Waals surface area contributed by atoms with Gasteiger partial charge in [-0.2, -0.15) is 0 Å². The van der Waals surface area contributed by atoms with Crippen LogP contribution in [0.2, 0.25) is 0 Å². The molecule has 1 fully saturated rings. The average molecular weight is 219 g/mol. The third-order valence-electron chi connectivity index (χ3n) is 3.61. The van der Waals surface area contributed by atoms with Crippen LogP contribution < -0.4 is 14.8 Å². The molecule has 3 rings (SSSR count). The van der Waals surface area contributed by atoms with Gasteiger partial charge >= 0.3 is 0 Å². The summed E-state index contributed by atoms with van der Waals surface area (Å²) in [6.07, 6.45) is 2.44. The van der Waals surface area contributed by atoms with Crippen molar-refractivity contribution in [3.8, 4) is 11.5 Å². The highest BCUT2D eigenvalue weighted by atomic mass is 16.7. The van der Waals surface area contributed by atoms with Gasteiger partial charge in [0.15, 0.2) is 11.5 Å². The molecule has 2 aliphatic heterocycles. The molecule has 0 aliphatic carbocycles. The van der Waals surface area contributed by atoms with E-state index in [-0.39, 0.29) is 0 Å². The molecule has 0 spiro atoms. The van der Waals surface area contributed by atoms with E-state index in [0.717, 1.165) is 18.0 Å². The zero-order chi connectivity index (χ0) is 11.1. The van der Waals surface area contributed by atoms with Gasteiger partial charge in [0.25, 0.3) is 0 Å². The second-order valence-corrected chi connectivity index (χ2v) is 4.62. The predicted octanol–water partition coefficient (Wildman–Crippen LogP) is 2.46. The van der Waals surface area contributed by atoms with Crippen molar-refractivity contribution < 1.29 is 9.47 Å². The number of hydrogen-bond acceptors (Lipinski definition) is 3. The van der Waals surface area contributed by atoms with Gasteiger partial charge in [-0.25, -0.2) is 0 Å². The summed E-state index contributed by atoms with van der Waals surface area (Å²) in [5.41, 5.74) is 3.76. The summed E-state index contributed by atoms with van der Waals surface area (Å²) in [5.74, 6) is 1.91. The Morgan fingerprint density at radius 2 is 2.06 bits per heavy atom. The van der Waals surface area contributed by atoms with Gasteiger partial charge in [-0.3, -0.25) is 0 Å². The molecule has 2 aliphatic rings. The maximum absolute atomic E-state index is 5.62. The Bertz CT molecular complexity index is 422. The summed E-state index contributed by atoms with van der Waals surface area (Å²) >= 11 is 0. The number of fused-ring (bicyclic) bond motifs is 1. The van der Waals surface area contributed by atoms with Crippen LogP contribution in [0.25, 0.3) is 0 Å². The van der Waals surface area contributed by atoms with E-state index in [4.69, 9.17) is 9.47 Å². The second-order valence-electron chi connectivity index (χ2n) is 4.62. The molecule has 1 aromatic carbocycles. The fraction of sp³-hybridized carbons (Fsp3) is 0.538. The van der Waals surface area contributed by atoms with E-state index in [2.05, 4.69) is 25.2 Å². The predicted molar refractivity (Wildman–Crippen MR) is 62.0 cm³/mol. The van der Waals surface area contributed by atoms with Crippen LogP contribution in [0.5, 0.6) is 11.5 Å². The number of benzene rings is 1. The molecule has 86 valence electrons. The van der Waals surface area contributed by atoms with Gasteiger partial charge in [0.2, 0.25) is 6.79 Å². The third-order valence-corrected chi connectivity index (χ3v) is 3.61. The van der Waals surface area contributed by atoms with Crippen molar-refractivity contribution in [2.75, 3.05) is 13.3 Å². The van der Waals surface area contributed by atoms with E-state index in [1.165, 1.54) is 29.5 Å². The molecule has 1 aromatic rings. The normalized spacial score (nSPS) is 22.8. The molecule has 0 amide bonds. The van der Waals surface area contributed by atoms with E-state index in [9.17, 15) is 0 Å². The minimum absolute atomic E-state index is 0.360. The number of ether oxygens (including phenoxy) is 2. The van der Waals surface area contributed by atoms with Crippen molar-refractivity contribution in [1.82, 2.24) is 5.32 Å². The van der Waals surface area contributed by atoms with Crippen LogP contribution in [-0.2, 0) is 0 Å². The van der Waals surface area contributed by atoms with Gasteiger partial charge in [0, 0.05) is 11.6 Å². The molecular weight excluding hydrogens is 202 g/mol. The summed E-state index contributed by atoms with van der Waals surface area (Å²) < 4.78 is 11.2. The molecule has 16 heavy (non-hydrogen) atoms. The Labute approximate surface area is 95.8 Å². The van der Waals surface area contributed by atoms with E-state index in [1.807, 2.05) is 0 Å². The van der Waals surface area contributed by atoms with Crippen molar-refractivity contribution in [3.05, 3.63) is 22.8 Å². The topological polar surface area (TPSA) is 30.5 Å². The fourth-order valence-corrected chi connectivity index (χ4v) is 2.57. The smallest absolute Gasteiger partial charge is 0.231 e. The Kier molecular flexibility index (Phi) is 2.28. The van der Waals surface area contributed by atoms with Crippen LogP contribution in [0.15, 0.2) is 6.07 Å². The Morgan fingerprint density at radius 1 is 1.25 bits per heavy atom. The van der Waals surface area contributed by atoms with E-state index in [0.29, 0.717) is 12.8 Å². The van der Waals surface area contributed by atoms with Crippen molar-refractivity contribution in [2.45, 2.75) is 32.7 Å². The SMILES string of the molecule is Cc1cc(C2CCCN2)c2c(c1C)OCO2. The third kappa shape index (κ3) is 1.39. The van der Waals surface area contributed by atoms with Gasteiger partial charge in [-0.05, 0) is 44.4 Å². The van der Waals surface area contributed by atoms with Crippen molar-refractivity contribution in [3.63, 3.8) is 0 Å². The molecule has 3 nitrogen and oxygen atoms in total. The Hall–Kier alpha value is -1.22. The molecule has 1 N–H and O–H groups in total. The lowest BCUT2D eigenvalue weighted by molar-refractivity contribution is 0.172. The van der Waals surface area contributed by atoms with Gasteiger partial charge in [0.1, 0.15) is 0 Å².